The van der Waals surface area contributed by atoms with Crippen LogP contribution >= 0.6 is 12.2 Å². The van der Waals surface area contributed by atoms with E-state index in [2.05, 4.69) is 10.3 Å². The van der Waals surface area contributed by atoms with Crippen molar-refractivity contribution in [2.24, 2.45) is 5.73 Å². The first-order valence-corrected chi connectivity index (χ1v) is 4.91. The van der Waals surface area contributed by atoms with Gasteiger partial charge in [0.25, 0.3) is 0 Å². The van der Waals surface area contributed by atoms with Crippen molar-refractivity contribution in [1.82, 2.24) is 4.98 Å². The maximum absolute atomic E-state index is 10.4. The standard InChI is InChI=1S/C9H13N3O2S/c10-7(9(13)14)2-4-12-8-5-6(15)1-3-11-8/h1,3,5,7H,2,4,10H2,(H,13,14)(H2,11,12,15)/t7-/m0/s1. The highest BCUT2D eigenvalue weighted by Gasteiger charge is 2.09. The van der Waals surface area contributed by atoms with E-state index in [1.807, 2.05) is 0 Å². The molecule has 1 heterocycles. The molecule has 0 saturated heterocycles. The Balaban J connectivity index is 2.38. The molecule has 0 spiro atoms. The lowest BCUT2D eigenvalue weighted by Gasteiger charge is -2.08. The maximum atomic E-state index is 10.4. The molecule has 1 aromatic heterocycles. The van der Waals surface area contributed by atoms with Gasteiger partial charge in [0.2, 0.25) is 0 Å². The van der Waals surface area contributed by atoms with Crippen LogP contribution in [0.15, 0.2) is 18.3 Å². The number of anilines is 1. The zero-order valence-corrected chi connectivity index (χ0v) is 8.88. The second-order valence-electron chi connectivity index (χ2n) is 3.10. The zero-order chi connectivity index (χ0) is 11.3. The number of nitrogens with one attached hydrogen (secondary N) is 2. The number of aliphatic carboxylic acids is 1. The quantitative estimate of drug-likeness (QED) is 0.562. The van der Waals surface area contributed by atoms with Gasteiger partial charge in [-0.2, -0.15) is 0 Å². The number of pyridine rings is 1. The number of carboxylic acids is 1. The summed E-state index contributed by atoms with van der Waals surface area (Å²) >= 11 is 4.96. The molecule has 5 N–H and O–H groups in total. The number of rotatable bonds is 5. The summed E-state index contributed by atoms with van der Waals surface area (Å²) in [7, 11) is 0. The van der Waals surface area contributed by atoms with Crippen LogP contribution in [0.25, 0.3) is 0 Å². The average molecular weight is 227 g/mol. The highest BCUT2D eigenvalue weighted by molar-refractivity contribution is 7.71. The fraction of sp³-hybridized carbons (Fsp3) is 0.333. The lowest BCUT2D eigenvalue weighted by Crippen LogP contribution is -2.32. The largest absolute Gasteiger partial charge is 0.480 e. The van der Waals surface area contributed by atoms with Crippen molar-refractivity contribution in [3.63, 3.8) is 0 Å². The van der Waals surface area contributed by atoms with E-state index in [4.69, 9.17) is 23.1 Å². The smallest absolute Gasteiger partial charge is 0.320 e. The van der Waals surface area contributed by atoms with Gasteiger partial charge in [-0.05, 0) is 18.6 Å². The van der Waals surface area contributed by atoms with E-state index in [9.17, 15) is 4.79 Å². The number of hydrogen-bond donors (Lipinski definition) is 4. The van der Waals surface area contributed by atoms with E-state index in [0.29, 0.717) is 13.0 Å². The van der Waals surface area contributed by atoms with Gasteiger partial charge in [-0.15, -0.1) is 0 Å². The van der Waals surface area contributed by atoms with Gasteiger partial charge >= 0.3 is 5.97 Å². The number of hydrogen-bond acceptors (Lipinski definition) is 4. The number of aromatic nitrogens is 1. The van der Waals surface area contributed by atoms with Crippen LogP contribution in [-0.4, -0.2) is 28.6 Å². The van der Waals surface area contributed by atoms with Crippen LogP contribution in [0.1, 0.15) is 6.42 Å². The van der Waals surface area contributed by atoms with Gasteiger partial charge in [0.15, 0.2) is 0 Å². The average Bonchev–Trinajstić information content (AvgIpc) is 2.17. The van der Waals surface area contributed by atoms with Gasteiger partial charge in [-0.25, -0.2) is 0 Å². The van der Waals surface area contributed by atoms with Gasteiger partial charge in [-0.3, -0.25) is 4.79 Å². The Labute approximate surface area is 92.3 Å². The van der Waals surface area contributed by atoms with Crippen molar-refractivity contribution < 1.29 is 9.90 Å². The first-order valence-electron chi connectivity index (χ1n) is 4.50. The fourth-order valence-corrected chi connectivity index (χ4v) is 1.22. The third-order valence-electron chi connectivity index (χ3n) is 1.86. The molecular formula is C9H13N3O2S. The third kappa shape index (κ3) is 4.09. The lowest BCUT2D eigenvalue weighted by molar-refractivity contribution is -0.138. The van der Waals surface area contributed by atoms with Crippen LogP contribution in [0.5, 0.6) is 0 Å². The molecule has 0 amide bonds. The van der Waals surface area contributed by atoms with Crippen molar-refractivity contribution in [2.75, 3.05) is 11.9 Å². The molecule has 1 atom stereocenters. The lowest BCUT2D eigenvalue weighted by atomic mass is 10.2. The Hall–Kier alpha value is -1.40. The Morgan fingerprint density at radius 1 is 1.73 bits per heavy atom. The Kier molecular flexibility index (Phi) is 4.26. The molecule has 0 radical (unpaired) electrons. The molecule has 5 nitrogen and oxygen atoms in total. The fourth-order valence-electron chi connectivity index (χ4n) is 1.03. The topological polar surface area (TPSA) is 91.1 Å². The number of H-pyrrole nitrogens is 1. The van der Waals surface area contributed by atoms with Crippen LogP contribution in [0, 0.1) is 4.51 Å². The van der Waals surface area contributed by atoms with Crippen LogP contribution in [0.3, 0.4) is 0 Å². The molecule has 0 aliphatic heterocycles. The summed E-state index contributed by atoms with van der Waals surface area (Å²) in [6, 6.07) is 2.70. The van der Waals surface area contributed by atoms with E-state index >= 15 is 0 Å². The molecule has 0 unspecified atom stereocenters. The number of aromatic amines is 1. The minimum atomic E-state index is -0.988. The molecule has 0 aliphatic rings. The van der Waals surface area contributed by atoms with Crippen molar-refractivity contribution in [1.29, 1.82) is 0 Å². The molecule has 6 heteroatoms. The predicted molar refractivity (Wildman–Crippen MR) is 60.3 cm³/mol. The zero-order valence-electron chi connectivity index (χ0n) is 8.06. The van der Waals surface area contributed by atoms with E-state index in [0.717, 1.165) is 10.3 Å². The predicted octanol–water partition coefficient (Wildman–Crippen LogP) is 0.958. The Bertz CT molecular complexity index is 391. The van der Waals surface area contributed by atoms with Gasteiger partial charge in [0.05, 0.1) is 0 Å². The molecule has 0 aromatic carbocycles. The maximum Gasteiger partial charge on any atom is 0.320 e. The van der Waals surface area contributed by atoms with Crippen LogP contribution in [0.4, 0.5) is 5.82 Å². The van der Waals surface area contributed by atoms with E-state index in [1.165, 1.54) is 0 Å². The summed E-state index contributed by atoms with van der Waals surface area (Å²) in [4.78, 5) is 13.4. The van der Waals surface area contributed by atoms with Crippen LogP contribution in [0.2, 0.25) is 0 Å². The molecule has 15 heavy (non-hydrogen) atoms. The minimum Gasteiger partial charge on any atom is -0.480 e. The summed E-state index contributed by atoms with van der Waals surface area (Å²) < 4.78 is 0.721. The van der Waals surface area contributed by atoms with Crippen LogP contribution < -0.4 is 11.1 Å². The SMILES string of the molecule is N[C@@H](CCNc1cc(=S)cc[nH]1)C(=O)O. The molecule has 0 saturated carbocycles. The molecular weight excluding hydrogens is 214 g/mol. The van der Waals surface area contributed by atoms with Crippen molar-refractivity contribution >= 4 is 24.0 Å². The first kappa shape index (κ1) is 11.7. The minimum absolute atomic E-state index is 0.366. The molecule has 82 valence electrons. The Morgan fingerprint density at radius 2 is 2.47 bits per heavy atom. The van der Waals surface area contributed by atoms with Crippen molar-refractivity contribution in [2.45, 2.75) is 12.5 Å². The van der Waals surface area contributed by atoms with E-state index < -0.39 is 12.0 Å². The van der Waals surface area contributed by atoms with Crippen molar-refractivity contribution in [3.05, 3.63) is 22.8 Å². The normalized spacial score (nSPS) is 12.1. The number of carbonyl (C=O) groups is 1. The molecule has 1 rings (SSSR count). The van der Waals surface area contributed by atoms with Gasteiger partial charge in [0, 0.05) is 17.3 Å². The van der Waals surface area contributed by atoms with E-state index in [-0.39, 0.29) is 0 Å². The Morgan fingerprint density at radius 3 is 3.07 bits per heavy atom. The van der Waals surface area contributed by atoms with Crippen LogP contribution in [-0.2, 0) is 4.79 Å². The summed E-state index contributed by atoms with van der Waals surface area (Å²) in [5.41, 5.74) is 5.34. The first-order chi connectivity index (χ1) is 7.09. The second kappa shape index (κ2) is 5.47. The third-order valence-corrected chi connectivity index (χ3v) is 2.11. The molecule has 0 bridgehead atoms. The van der Waals surface area contributed by atoms with Gasteiger partial charge < -0.3 is 21.1 Å². The summed E-state index contributed by atoms with van der Waals surface area (Å²) in [5, 5.41) is 11.6. The highest BCUT2D eigenvalue weighted by Crippen LogP contribution is 2.02. The summed E-state index contributed by atoms with van der Waals surface area (Å²) in [6.07, 6.45) is 2.09. The molecule has 1 aromatic rings. The summed E-state index contributed by atoms with van der Waals surface area (Å²) in [6.45, 7) is 0.489. The van der Waals surface area contributed by atoms with Gasteiger partial charge in [-0.1, -0.05) is 12.2 Å². The monoisotopic (exact) mass is 227 g/mol. The van der Waals surface area contributed by atoms with Crippen molar-refractivity contribution in [3.8, 4) is 0 Å². The number of nitrogens with two attached hydrogens (primary N) is 1. The molecule has 0 aliphatic carbocycles. The summed E-state index contributed by atoms with van der Waals surface area (Å²) in [5.74, 6) is -0.224. The second-order valence-corrected chi connectivity index (χ2v) is 3.57. The van der Waals surface area contributed by atoms with E-state index in [1.54, 1.807) is 18.3 Å². The van der Waals surface area contributed by atoms with Gasteiger partial charge in [0.1, 0.15) is 11.9 Å². The number of carboxylic acid groups (broad SMARTS) is 1. The highest BCUT2D eigenvalue weighted by atomic mass is 32.1. The molecule has 0 fully saturated rings.